The van der Waals surface area contributed by atoms with Crippen LogP contribution in [0.15, 0.2) is 0 Å². The lowest BCUT2D eigenvalue weighted by Gasteiger charge is -2.32. The van der Waals surface area contributed by atoms with Crippen LogP contribution >= 0.6 is 0 Å². The van der Waals surface area contributed by atoms with E-state index in [-0.39, 0.29) is 11.9 Å². The average molecular weight is 317 g/mol. The van der Waals surface area contributed by atoms with E-state index in [1.165, 1.54) is 7.11 Å². The summed E-state index contributed by atoms with van der Waals surface area (Å²) in [5.74, 6) is -0.0719. The van der Waals surface area contributed by atoms with Gasteiger partial charge in [0.15, 0.2) is 5.78 Å². The maximum Gasteiger partial charge on any atom is 0.408 e. The highest BCUT2D eigenvalue weighted by Gasteiger charge is 2.36. The Hall–Kier alpha value is -1.10. The van der Waals surface area contributed by atoms with E-state index in [9.17, 15) is 9.59 Å². The number of carbonyl (C=O) groups excluding carboxylic acids is 2. The van der Waals surface area contributed by atoms with Gasteiger partial charge in [-0.2, -0.15) is 0 Å². The van der Waals surface area contributed by atoms with Crippen LogP contribution in [0.5, 0.6) is 0 Å². The molecule has 0 saturated carbocycles. The first-order valence-corrected chi connectivity index (χ1v) is 8.37. The third-order valence-corrected chi connectivity index (χ3v) is 3.49. The first-order valence-electron chi connectivity index (χ1n) is 8.37. The fourth-order valence-corrected chi connectivity index (χ4v) is 1.94. The summed E-state index contributed by atoms with van der Waals surface area (Å²) in [5, 5.41) is 2.65. The molecule has 0 fully saturated rings. The quantitative estimate of drug-likeness (QED) is 0.695. The topological polar surface area (TPSA) is 64.6 Å². The van der Waals surface area contributed by atoms with Crippen molar-refractivity contribution in [1.82, 2.24) is 5.32 Å². The van der Waals surface area contributed by atoms with Crippen molar-refractivity contribution in [3.8, 4) is 0 Å². The predicted octanol–water partition coefficient (Wildman–Crippen LogP) is 4.09. The second kappa shape index (κ2) is 12.4. The Morgan fingerprint density at radius 1 is 1.14 bits per heavy atom. The monoisotopic (exact) mass is 317 g/mol. The summed E-state index contributed by atoms with van der Waals surface area (Å²) in [6.45, 7) is 13.3. The fourth-order valence-electron chi connectivity index (χ4n) is 1.94. The molecule has 132 valence electrons. The molecule has 0 aromatic heterocycles. The van der Waals surface area contributed by atoms with Crippen LogP contribution in [0.2, 0.25) is 0 Å². The Balaban J connectivity index is 0. The van der Waals surface area contributed by atoms with Gasteiger partial charge in [-0.05, 0) is 26.7 Å². The van der Waals surface area contributed by atoms with Crippen LogP contribution in [0.4, 0.5) is 4.79 Å². The predicted molar refractivity (Wildman–Crippen MR) is 90.1 cm³/mol. The minimum Gasteiger partial charge on any atom is -0.446 e. The van der Waals surface area contributed by atoms with E-state index in [1.807, 2.05) is 27.7 Å². The number of ketones is 1. The number of alkyl carbamates (subject to hydrolysis) is 1. The van der Waals surface area contributed by atoms with Crippen LogP contribution in [-0.4, -0.2) is 36.7 Å². The molecule has 0 heterocycles. The number of amides is 1. The third-order valence-electron chi connectivity index (χ3n) is 3.49. The molecule has 5 heteroatoms. The van der Waals surface area contributed by atoms with E-state index in [0.29, 0.717) is 6.42 Å². The summed E-state index contributed by atoms with van der Waals surface area (Å²) in [6, 6.07) is -0.705. The lowest BCUT2D eigenvalue weighted by Crippen LogP contribution is -2.55. The largest absolute Gasteiger partial charge is 0.446 e. The lowest BCUT2D eigenvalue weighted by atomic mass is 9.93. The number of Topliss-reactive ketones (excluding diaryl/α,β-unsaturated/α-hetero) is 1. The van der Waals surface area contributed by atoms with Crippen LogP contribution in [0.25, 0.3) is 0 Å². The first kappa shape index (κ1) is 23.2. The molecule has 0 bridgehead atoms. The second-order valence-electron chi connectivity index (χ2n) is 5.43. The molecule has 2 unspecified atom stereocenters. The molecule has 0 saturated heterocycles. The second-order valence-corrected chi connectivity index (χ2v) is 5.43. The van der Waals surface area contributed by atoms with Crippen LogP contribution in [0.3, 0.4) is 0 Å². The summed E-state index contributed by atoms with van der Waals surface area (Å²) in [7, 11) is 1.52. The molecule has 22 heavy (non-hydrogen) atoms. The first-order chi connectivity index (χ1) is 10.3. The summed E-state index contributed by atoms with van der Waals surface area (Å²) in [5.41, 5.74) is -0.765. The lowest BCUT2D eigenvalue weighted by molar-refractivity contribution is -0.127. The molecule has 0 aromatic carbocycles. The van der Waals surface area contributed by atoms with Crippen LogP contribution in [0, 0.1) is 0 Å². The van der Waals surface area contributed by atoms with Crippen molar-refractivity contribution >= 4 is 11.9 Å². The van der Waals surface area contributed by atoms with Crippen LogP contribution < -0.4 is 5.32 Å². The SMILES string of the molecule is CC.CCCC(CC)OC(=O)NC(C(=O)CC)C(C)(C)OC. The maximum absolute atomic E-state index is 12.0. The van der Waals surface area contributed by atoms with Crippen LogP contribution in [-0.2, 0) is 14.3 Å². The summed E-state index contributed by atoms with van der Waals surface area (Å²) in [4.78, 5) is 23.9. The average Bonchev–Trinajstić information content (AvgIpc) is 2.53. The molecule has 0 aliphatic carbocycles. The van der Waals surface area contributed by atoms with Gasteiger partial charge in [0.05, 0.1) is 5.60 Å². The summed E-state index contributed by atoms with van der Waals surface area (Å²) in [6.07, 6.45) is 2.22. The Labute approximate surface area is 136 Å². The highest BCUT2D eigenvalue weighted by atomic mass is 16.6. The van der Waals surface area contributed by atoms with Crippen molar-refractivity contribution in [1.29, 1.82) is 0 Å². The summed E-state index contributed by atoms with van der Waals surface area (Å²) < 4.78 is 10.7. The Bertz CT molecular complexity index is 316. The zero-order chi connectivity index (χ0) is 17.8. The standard InChI is InChI=1S/C15H29NO4.C2H6/c1-7-10-11(8-2)20-14(18)16-13(12(17)9-3)15(4,5)19-6;1-2/h11,13H,7-10H2,1-6H3,(H,16,18);1-2H3. The van der Waals surface area contributed by atoms with E-state index in [1.54, 1.807) is 20.8 Å². The molecular formula is C17H35NO4. The van der Waals surface area contributed by atoms with Gasteiger partial charge in [0.2, 0.25) is 0 Å². The van der Waals surface area contributed by atoms with Gasteiger partial charge < -0.3 is 14.8 Å². The summed E-state index contributed by atoms with van der Waals surface area (Å²) >= 11 is 0. The third kappa shape index (κ3) is 8.37. The van der Waals surface area contributed by atoms with Gasteiger partial charge in [0.25, 0.3) is 0 Å². The number of methoxy groups -OCH3 is 1. The number of ether oxygens (including phenoxy) is 2. The maximum atomic E-state index is 12.0. The zero-order valence-electron chi connectivity index (χ0n) is 15.6. The normalized spacial score (nSPS) is 13.5. The van der Waals surface area contributed by atoms with Crippen molar-refractivity contribution in [2.75, 3.05) is 7.11 Å². The molecule has 1 N–H and O–H groups in total. The van der Waals surface area contributed by atoms with E-state index in [0.717, 1.165) is 19.3 Å². The number of nitrogens with one attached hydrogen (secondary N) is 1. The molecule has 0 rings (SSSR count). The number of rotatable bonds is 9. The van der Waals surface area contributed by atoms with E-state index in [4.69, 9.17) is 9.47 Å². The molecule has 2 atom stereocenters. The zero-order valence-corrected chi connectivity index (χ0v) is 15.6. The minimum absolute atomic E-state index is 0.0719. The molecule has 0 aromatic rings. The Kier molecular flexibility index (Phi) is 13.1. The highest BCUT2D eigenvalue weighted by molar-refractivity contribution is 5.88. The van der Waals surface area contributed by atoms with Crippen molar-refractivity contribution in [2.45, 2.75) is 91.9 Å². The molecule has 5 nitrogen and oxygen atoms in total. The van der Waals surface area contributed by atoms with E-state index < -0.39 is 17.7 Å². The molecule has 0 spiro atoms. The van der Waals surface area contributed by atoms with Gasteiger partial charge in [-0.15, -0.1) is 0 Å². The van der Waals surface area contributed by atoms with Crippen molar-refractivity contribution < 1.29 is 19.1 Å². The molecule has 0 radical (unpaired) electrons. The molecule has 0 aliphatic rings. The van der Waals surface area contributed by atoms with E-state index >= 15 is 0 Å². The fraction of sp³-hybridized carbons (Fsp3) is 0.882. The minimum atomic E-state index is -0.765. The van der Waals surface area contributed by atoms with Gasteiger partial charge in [-0.1, -0.05) is 41.0 Å². The highest BCUT2D eigenvalue weighted by Crippen LogP contribution is 2.16. The van der Waals surface area contributed by atoms with Gasteiger partial charge in [0, 0.05) is 13.5 Å². The van der Waals surface area contributed by atoms with Crippen molar-refractivity contribution in [3.05, 3.63) is 0 Å². The van der Waals surface area contributed by atoms with Gasteiger partial charge >= 0.3 is 6.09 Å². The van der Waals surface area contributed by atoms with E-state index in [2.05, 4.69) is 5.32 Å². The van der Waals surface area contributed by atoms with Crippen molar-refractivity contribution in [2.24, 2.45) is 0 Å². The van der Waals surface area contributed by atoms with Crippen LogP contribution in [0.1, 0.15) is 74.1 Å². The molecular weight excluding hydrogens is 282 g/mol. The van der Waals surface area contributed by atoms with Gasteiger partial charge in [0.1, 0.15) is 12.1 Å². The molecule has 1 amide bonds. The number of hydrogen-bond donors (Lipinski definition) is 1. The Morgan fingerprint density at radius 2 is 1.68 bits per heavy atom. The Morgan fingerprint density at radius 3 is 2.05 bits per heavy atom. The van der Waals surface area contributed by atoms with Gasteiger partial charge in [-0.25, -0.2) is 4.79 Å². The van der Waals surface area contributed by atoms with Gasteiger partial charge in [-0.3, -0.25) is 4.79 Å². The number of hydrogen-bond acceptors (Lipinski definition) is 4. The molecule has 0 aliphatic heterocycles. The van der Waals surface area contributed by atoms with Crippen molar-refractivity contribution in [3.63, 3.8) is 0 Å². The number of carbonyl (C=O) groups is 2. The smallest absolute Gasteiger partial charge is 0.408 e.